The van der Waals surface area contributed by atoms with Crippen LogP contribution >= 0.6 is 7.82 Å². The van der Waals surface area contributed by atoms with Gasteiger partial charge in [-0.3, -0.25) is 23.4 Å². The first-order valence-corrected chi connectivity index (χ1v) is 41.1. The molecule has 101 heavy (non-hydrogen) atoms. The summed E-state index contributed by atoms with van der Waals surface area (Å²) in [7, 11) is -5.70. The summed E-state index contributed by atoms with van der Waals surface area (Å²) in [6.45, 7) is 3.44. The van der Waals surface area contributed by atoms with Crippen LogP contribution in [0.5, 0.6) is 0 Å². The molecule has 18 unspecified atom stereocenters. The van der Waals surface area contributed by atoms with Crippen molar-refractivity contribution < 1.29 is 117 Å². The summed E-state index contributed by atoms with van der Waals surface area (Å²) < 4.78 is 65.1. The zero-order valence-electron chi connectivity index (χ0n) is 61.9. The van der Waals surface area contributed by atoms with Crippen molar-refractivity contribution in [3.63, 3.8) is 0 Å². The molecule has 2 saturated heterocycles. The number of hydrogen-bond donors (Lipinski definition) is 11. The van der Waals surface area contributed by atoms with E-state index in [2.05, 4.69) is 45.1 Å². The van der Waals surface area contributed by atoms with E-state index >= 15 is 0 Å². The summed E-state index contributed by atoms with van der Waals surface area (Å²) in [5.74, 6) is -2.01. The van der Waals surface area contributed by atoms with E-state index in [1.54, 1.807) is 0 Å². The van der Waals surface area contributed by atoms with Gasteiger partial charge in [-0.05, 0) is 70.6 Å². The molecule has 0 aromatic carbocycles. The second kappa shape index (κ2) is 57.6. The first kappa shape index (κ1) is 92.6. The Balaban J connectivity index is 1.71. The molecule has 0 spiro atoms. The first-order valence-electron chi connectivity index (χ1n) is 39.6. The molecule has 25 heteroatoms. The average molecular weight is 1470 g/mol. The normalized spacial score (nSPS) is 27.3. The molecular weight excluding hydrogens is 1330 g/mol. The molecule has 0 amide bonds. The van der Waals surface area contributed by atoms with Crippen LogP contribution in [0.15, 0.2) is 24.3 Å². The van der Waals surface area contributed by atoms with E-state index in [1.807, 2.05) is 0 Å². The van der Waals surface area contributed by atoms with Crippen molar-refractivity contribution in [1.82, 2.24) is 0 Å². The van der Waals surface area contributed by atoms with Gasteiger partial charge in [-0.1, -0.05) is 244 Å². The van der Waals surface area contributed by atoms with E-state index in [0.29, 0.717) is 25.7 Å². The molecule has 2 heterocycles. The predicted octanol–water partition coefficient (Wildman–Crippen LogP) is 11.7. The number of carbonyl (C=O) groups excluding carboxylic acids is 3. The molecule has 3 fully saturated rings. The minimum atomic E-state index is -5.70. The Morgan fingerprint density at radius 2 is 0.693 bits per heavy atom. The van der Waals surface area contributed by atoms with Crippen LogP contribution in [0.4, 0.5) is 0 Å². The zero-order valence-corrected chi connectivity index (χ0v) is 62.8. The molecule has 2 aliphatic heterocycles. The fourth-order valence-electron chi connectivity index (χ4n) is 13.0. The largest absolute Gasteiger partial charge is 0.472 e. The molecule has 0 bridgehead atoms. The monoisotopic (exact) mass is 1470 g/mol. The highest BCUT2D eigenvalue weighted by molar-refractivity contribution is 7.47. The molecule has 3 aliphatic rings. The SMILES string of the molecule is CCCCCC/C=C\CCCCCCCCCC(=O)OCC(COP(=O)(O)OC1C(OC2OC(CO)C(O)C(O)C2O)C(O)C(O)C(O)C1OC1OC(COC(=O)CCCCCCCCCCCCCCCCCCC)C(O)C(O)C1O)OC(=O)CCCCC/C=C\CCCCCCCCC. The smallest absolute Gasteiger partial charge is 0.463 e. The lowest BCUT2D eigenvalue weighted by Crippen LogP contribution is -2.69. The fraction of sp³-hybridized carbons (Fsp3) is 0.908. The average Bonchev–Trinajstić information content (AvgIpc) is 0.765. The predicted molar refractivity (Wildman–Crippen MR) is 384 cm³/mol. The summed E-state index contributed by atoms with van der Waals surface area (Å²) in [5, 5.41) is 110. The number of phosphoric acid groups is 1. The van der Waals surface area contributed by atoms with E-state index in [-0.39, 0.29) is 19.3 Å². The number of carbonyl (C=O) groups is 3. The van der Waals surface area contributed by atoms with E-state index in [1.165, 1.54) is 135 Å². The van der Waals surface area contributed by atoms with Gasteiger partial charge in [0.15, 0.2) is 18.7 Å². The fourth-order valence-corrected chi connectivity index (χ4v) is 13.9. The number of aliphatic hydroxyl groups excluding tert-OH is 10. The molecule has 1 aliphatic carbocycles. The van der Waals surface area contributed by atoms with Crippen molar-refractivity contribution in [1.29, 1.82) is 0 Å². The van der Waals surface area contributed by atoms with Crippen molar-refractivity contribution in [3.8, 4) is 0 Å². The Morgan fingerprint density at radius 1 is 0.376 bits per heavy atom. The number of phosphoric ester groups is 1. The van der Waals surface area contributed by atoms with Crippen LogP contribution in [0.25, 0.3) is 0 Å². The van der Waals surface area contributed by atoms with Gasteiger partial charge in [0.25, 0.3) is 0 Å². The second-order valence-corrected chi connectivity index (χ2v) is 29.8. The number of rotatable bonds is 62. The molecular formula is C76H139O24P. The lowest BCUT2D eigenvalue weighted by atomic mass is 9.84. The van der Waals surface area contributed by atoms with E-state index < -0.39 is 156 Å². The van der Waals surface area contributed by atoms with Crippen LogP contribution in [0.3, 0.4) is 0 Å². The highest BCUT2D eigenvalue weighted by Crippen LogP contribution is 2.49. The van der Waals surface area contributed by atoms with Crippen molar-refractivity contribution >= 4 is 25.7 Å². The van der Waals surface area contributed by atoms with E-state index in [0.717, 1.165) is 109 Å². The van der Waals surface area contributed by atoms with Gasteiger partial charge >= 0.3 is 25.7 Å². The Morgan fingerprint density at radius 3 is 1.09 bits per heavy atom. The Kier molecular flexibility index (Phi) is 52.8. The zero-order chi connectivity index (χ0) is 73.9. The van der Waals surface area contributed by atoms with Crippen molar-refractivity contribution in [2.75, 3.05) is 26.4 Å². The molecule has 0 aromatic heterocycles. The van der Waals surface area contributed by atoms with Gasteiger partial charge in [0.1, 0.15) is 98.7 Å². The van der Waals surface area contributed by atoms with Gasteiger partial charge < -0.3 is 89.1 Å². The van der Waals surface area contributed by atoms with Gasteiger partial charge in [0, 0.05) is 19.3 Å². The number of allylic oxidation sites excluding steroid dienone is 4. The second-order valence-electron chi connectivity index (χ2n) is 28.4. The third kappa shape index (κ3) is 40.3. The van der Waals surface area contributed by atoms with Crippen LogP contribution < -0.4 is 0 Å². The molecule has 0 aromatic rings. The van der Waals surface area contributed by atoms with Crippen LogP contribution in [-0.2, 0) is 61.2 Å². The van der Waals surface area contributed by atoms with Gasteiger partial charge in [-0.25, -0.2) is 4.57 Å². The summed E-state index contributed by atoms with van der Waals surface area (Å²) in [6, 6.07) is 0. The van der Waals surface area contributed by atoms with Crippen LogP contribution in [0, 0.1) is 0 Å². The van der Waals surface area contributed by atoms with Gasteiger partial charge in [0.05, 0.1) is 13.2 Å². The third-order valence-electron chi connectivity index (χ3n) is 19.5. The number of esters is 3. The first-order chi connectivity index (χ1) is 48.8. The minimum Gasteiger partial charge on any atom is -0.463 e. The Labute approximate surface area is 605 Å². The summed E-state index contributed by atoms with van der Waals surface area (Å²) in [6.07, 6.45) is 19.4. The third-order valence-corrected chi connectivity index (χ3v) is 20.4. The lowest BCUT2D eigenvalue weighted by Gasteiger charge is -2.49. The Hall–Kier alpha value is -2.56. The van der Waals surface area contributed by atoms with E-state index in [9.17, 15) is 74.9 Å². The molecule has 3 rings (SSSR count). The van der Waals surface area contributed by atoms with Crippen molar-refractivity contribution in [2.45, 2.75) is 414 Å². The van der Waals surface area contributed by atoms with Crippen LogP contribution in [0.2, 0.25) is 0 Å². The molecule has 1 saturated carbocycles. The van der Waals surface area contributed by atoms with Gasteiger partial charge in [-0.2, -0.15) is 0 Å². The molecule has 11 N–H and O–H groups in total. The van der Waals surface area contributed by atoms with Gasteiger partial charge in [0.2, 0.25) is 0 Å². The number of ether oxygens (including phenoxy) is 7. The number of aliphatic hydroxyl groups is 10. The quantitative estimate of drug-likeness (QED) is 0.00886. The maximum Gasteiger partial charge on any atom is 0.472 e. The summed E-state index contributed by atoms with van der Waals surface area (Å²) in [5.41, 5.74) is 0. The topological polar surface area (TPSA) is 374 Å². The molecule has 24 nitrogen and oxygen atoms in total. The lowest BCUT2D eigenvalue weighted by molar-refractivity contribution is -0.360. The van der Waals surface area contributed by atoms with Crippen LogP contribution in [-0.4, -0.2) is 204 Å². The standard InChI is InChI=1S/C76H139O24P/c1-4-7-10-13-16-19-22-25-28-29-31-34-36-39-42-45-48-51-61(79)93-56-59-64(82)66(84)71(89)76(97-59)99-73-69(87)67(85)68(86)72(98-75-70(88)65(83)63(81)58(53-77)96-75)74(73)100-101(90,91)94-55-57(95-62(80)52-49-46-43-40-37-32-27-24-21-18-15-12-9-6-3)54-92-60(78)50-47-44-41-38-35-33-30-26-23-20-17-14-11-8-5-2/h20,23,32,37,57-59,63-77,81-89H,4-19,21-22,24-31,33-36,38-56H2,1-3H3,(H,90,91)/b23-20-,37-32-. The maximum atomic E-state index is 14.4. The molecule has 18 atom stereocenters. The highest BCUT2D eigenvalue weighted by atomic mass is 31.2. The van der Waals surface area contributed by atoms with Crippen molar-refractivity contribution in [3.05, 3.63) is 24.3 Å². The Bertz CT molecular complexity index is 2180. The number of unbranched alkanes of at least 4 members (excludes halogenated alkanes) is 37. The van der Waals surface area contributed by atoms with Gasteiger partial charge in [-0.15, -0.1) is 0 Å². The minimum absolute atomic E-state index is 0.0313. The number of hydrogen-bond acceptors (Lipinski definition) is 23. The highest BCUT2D eigenvalue weighted by Gasteiger charge is 2.58. The van der Waals surface area contributed by atoms with E-state index in [4.69, 9.17) is 42.2 Å². The molecule has 0 radical (unpaired) electrons. The maximum absolute atomic E-state index is 14.4. The summed E-state index contributed by atoms with van der Waals surface area (Å²) >= 11 is 0. The van der Waals surface area contributed by atoms with Crippen LogP contribution in [0.1, 0.15) is 310 Å². The molecule has 592 valence electrons. The van der Waals surface area contributed by atoms with Crippen molar-refractivity contribution in [2.24, 2.45) is 0 Å². The summed E-state index contributed by atoms with van der Waals surface area (Å²) in [4.78, 5) is 51.1.